The zero-order valence-corrected chi connectivity index (χ0v) is 27.7. The van der Waals surface area contributed by atoms with Crippen molar-refractivity contribution in [3.63, 3.8) is 0 Å². The predicted octanol–water partition coefficient (Wildman–Crippen LogP) is 13.8. The highest BCUT2D eigenvalue weighted by Crippen LogP contribution is 2.50. The molecule has 0 saturated heterocycles. The largest absolute Gasteiger partial charge is 0.0794 e. The Labute approximate surface area is 251 Å². The van der Waals surface area contributed by atoms with Crippen molar-refractivity contribution in [2.75, 3.05) is 12.3 Å². The van der Waals surface area contributed by atoms with Gasteiger partial charge in [0.05, 0.1) is 0 Å². The molecule has 0 unspecified atom stereocenters. The minimum Gasteiger partial charge on any atom is -0.0794 e. The maximum Gasteiger partial charge on any atom is -0.00775 e. The van der Waals surface area contributed by atoms with Crippen LogP contribution in [-0.4, -0.2) is 12.3 Å². The maximum absolute atomic E-state index is 2.48. The molecule has 2 rings (SSSR count). The van der Waals surface area contributed by atoms with Gasteiger partial charge in [-0.2, -0.15) is 0 Å². The summed E-state index contributed by atoms with van der Waals surface area (Å²) in [4.78, 5) is 0. The molecule has 0 bridgehead atoms. The van der Waals surface area contributed by atoms with Crippen LogP contribution in [0.25, 0.3) is 5.57 Å². The monoisotopic (exact) mass is 562 g/mol. The standard InChI is InChI=1S/C39H63P/c1-4-6-8-10-12-14-16-18-20-28-34-40(35-29-21-19-17-15-13-11-9-7-5-2)36(3)39(37-30-24-22-25-31-37)38-32-26-23-27-33-38/h22-27,30-33H,4-21,28-29,34-35H2,1-3H3. The van der Waals surface area contributed by atoms with E-state index in [1.165, 1.54) is 157 Å². The molecule has 0 atom stereocenters. The quantitative estimate of drug-likeness (QED) is 0.0834. The SMILES string of the molecule is CCCCCCCCCCCCP(CCCCCCCCCCCC)C(C)=C(c1ccccc1)c1ccccc1. The van der Waals surface area contributed by atoms with E-state index in [1.54, 1.807) is 5.31 Å². The lowest BCUT2D eigenvalue weighted by molar-refractivity contribution is 0.561. The summed E-state index contributed by atoms with van der Waals surface area (Å²) >= 11 is 0. The van der Waals surface area contributed by atoms with E-state index in [2.05, 4.69) is 81.4 Å². The lowest BCUT2D eigenvalue weighted by atomic mass is 9.98. The molecule has 0 spiro atoms. The third kappa shape index (κ3) is 15.6. The highest BCUT2D eigenvalue weighted by molar-refractivity contribution is 7.62. The van der Waals surface area contributed by atoms with Crippen LogP contribution < -0.4 is 0 Å². The van der Waals surface area contributed by atoms with Crippen molar-refractivity contribution in [3.05, 3.63) is 77.1 Å². The second kappa shape index (κ2) is 24.2. The lowest BCUT2D eigenvalue weighted by Gasteiger charge is -2.23. The van der Waals surface area contributed by atoms with E-state index < -0.39 is 0 Å². The van der Waals surface area contributed by atoms with Crippen LogP contribution in [0, 0.1) is 0 Å². The van der Waals surface area contributed by atoms with Gasteiger partial charge in [0.1, 0.15) is 0 Å². The van der Waals surface area contributed by atoms with E-state index in [-0.39, 0.29) is 7.92 Å². The summed E-state index contributed by atoms with van der Waals surface area (Å²) in [7, 11) is -0.0979. The molecule has 0 aliphatic heterocycles. The molecule has 0 nitrogen and oxygen atoms in total. The number of allylic oxidation sites excluding steroid dienone is 1. The first-order chi connectivity index (χ1) is 19.8. The van der Waals surface area contributed by atoms with Crippen LogP contribution in [0.3, 0.4) is 0 Å². The topological polar surface area (TPSA) is 0 Å². The highest BCUT2D eigenvalue weighted by atomic mass is 31.1. The number of hydrogen-bond donors (Lipinski definition) is 0. The fourth-order valence-corrected chi connectivity index (χ4v) is 8.66. The third-order valence-electron chi connectivity index (χ3n) is 8.52. The molecule has 0 amide bonds. The summed E-state index contributed by atoms with van der Waals surface area (Å²) in [5, 5.41) is 1.68. The molecule has 0 saturated carbocycles. The average Bonchev–Trinajstić information content (AvgIpc) is 2.99. The molecular weight excluding hydrogens is 499 g/mol. The van der Waals surface area contributed by atoms with Gasteiger partial charge in [0.15, 0.2) is 0 Å². The summed E-state index contributed by atoms with van der Waals surface area (Å²) in [5.74, 6) is 0. The molecule has 0 fully saturated rings. The fourth-order valence-electron chi connectivity index (χ4n) is 5.98. The minimum atomic E-state index is -0.0979. The van der Waals surface area contributed by atoms with Gasteiger partial charge in [-0.25, -0.2) is 0 Å². The van der Waals surface area contributed by atoms with Gasteiger partial charge >= 0.3 is 0 Å². The van der Waals surface area contributed by atoms with Gasteiger partial charge in [0.25, 0.3) is 0 Å². The minimum absolute atomic E-state index is 0.0979. The Kier molecular flexibility index (Phi) is 21.1. The van der Waals surface area contributed by atoms with Gasteiger partial charge in [-0.1, -0.05) is 198 Å². The van der Waals surface area contributed by atoms with Crippen LogP contribution in [0.15, 0.2) is 66.0 Å². The molecule has 1 heteroatoms. The Morgan fingerprint density at radius 3 is 1.05 bits per heavy atom. The van der Waals surface area contributed by atoms with Crippen LogP contribution in [0.4, 0.5) is 0 Å². The van der Waals surface area contributed by atoms with E-state index in [1.807, 2.05) is 0 Å². The van der Waals surface area contributed by atoms with Crippen LogP contribution in [0.2, 0.25) is 0 Å². The van der Waals surface area contributed by atoms with E-state index in [0.717, 1.165) is 0 Å². The third-order valence-corrected chi connectivity index (χ3v) is 11.4. The maximum atomic E-state index is 2.48. The van der Waals surface area contributed by atoms with Crippen LogP contribution in [0.1, 0.15) is 160 Å². The normalized spacial score (nSPS) is 11.3. The highest BCUT2D eigenvalue weighted by Gasteiger charge is 2.17. The summed E-state index contributed by atoms with van der Waals surface area (Å²) in [5.41, 5.74) is 4.29. The Morgan fingerprint density at radius 2 is 0.725 bits per heavy atom. The summed E-state index contributed by atoms with van der Waals surface area (Å²) in [6.07, 6.45) is 31.4. The second-order valence-corrected chi connectivity index (χ2v) is 14.7. The second-order valence-electron chi connectivity index (χ2n) is 12.0. The number of benzene rings is 2. The Bertz CT molecular complexity index is 787. The molecule has 224 valence electrons. The van der Waals surface area contributed by atoms with Crippen molar-refractivity contribution in [2.24, 2.45) is 0 Å². The van der Waals surface area contributed by atoms with Crippen molar-refractivity contribution < 1.29 is 0 Å². The van der Waals surface area contributed by atoms with Crippen molar-refractivity contribution in [1.29, 1.82) is 0 Å². The molecule has 0 heterocycles. The van der Waals surface area contributed by atoms with Gasteiger partial charge < -0.3 is 0 Å². The molecule has 0 aliphatic carbocycles. The first kappa shape index (κ1) is 34.8. The zero-order valence-electron chi connectivity index (χ0n) is 26.8. The molecule has 0 aromatic heterocycles. The fraction of sp³-hybridized carbons (Fsp3) is 0.641. The smallest absolute Gasteiger partial charge is 0.00775 e. The first-order valence-electron chi connectivity index (χ1n) is 17.3. The number of unbranched alkanes of at least 4 members (excludes halogenated alkanes) is 18. The van der Waals surface area contributed by atoms with Crippen molar-refractivity contribution >= 4 is 13.5 Å². The summed E-state index contributed by atoms with van der Waals surface area (Å²) in [6.45, 7) is 7.10. The number of hydrogen-bond acceptors (Lipinski definition) is 0. The zero-order chi connectivity index (χ0) is 28.5. The molecule has 2 aromatic carbocycles. The van der Waals surface area contributed by atoms with E-state index in [9.17, 15) is 0 Å². The van der Waals surface area contributed by atoms with Gasteiger partial charge in [0, 0.05) is 0 Å². The van der Waals surface area contributed by atoms with Crippen LogP contribution in [-0.2, 0) is 0 Å². The van der Waals surface area contributed by atoms with Gasteiger partial charge in [0.2, 0.25) is 0 Å². The molecular formula is C39H63P. The van der Waals surface area contributed by atoms with Gasteiger partial charge in [-0.05, 0) is 54.1 Å². The lowest BCUT2D eigenvalue weighted by Crippen LogP contribution is -1.98. The molecule has 0 N–H and O–H groups in total. The molecule has 0 radical (unpaired) electrons. The molecule has 2 aromatic rings. The summed E-state index contributed by atoms with van der Waals surface area (Å²) < 4.78 is 0. The molecule has 40 heavy (non-hydrogen) atoms. The Balaban J connectivity index is 1.93. The van der Waals surface area contributed by atoms with Crippen LogP contribution in [0.5, 0.6) is 0 Å². The number of rotatable bonds is 25. The van der Waals surface area contributed by atoms with Gasteiger partial charge in [-0.3, -0.25) is 0 Å². The van der Waals surface area contributed by atoms with Crippen LogP contribution >= 0.6 is 7.92 Å². The van der Waals surface area contributed by atoms with Crippen molar-refractivity contribution in [2.45, 2.75) is 149 Å². The average molecular weight is 563 g/mol. The van der Waals surface area contributed by atoms with Crippen molar-refractivity contribution in [1.82, 2.24) is 0 Å². The molecule has 0 aliphatic rings. The first-order valence-corrected chi connectivity index (χ1v) is 19.1. The Hall–Kier alpha value is -1.39. The summed E-state index contributed by atoms with van der Waals surface area (Å²) in [6, 6.07) is 22.4. The Morgan fingerprint density at radius 1 is 0.425 bits per heavy atom. The van der Waals surface area contributed by atoms with Crippen molar-refractivity contribution in [3.8, 4) is 0 Å². The van der Waals surface area contributed by atoms with E-state index in [4.69, 9.17) is 0 Å². The van der Waals surface area contributed by atoms with Gasteiger partial charge in [-0.15, -0.1) is 0 Å². The van der Waals surface area contributed by atoms with E-state index in [0.29, 0.717) is 0 Å². The predicted molar refractivity (Wildman–Crippen MR) is 185 cm³/mol. The van der Waals surface area contributed by atoms with E-state index >= 15 is 0 Å².